The predicted octanol–water partition coefficient (Wildman–Crippen LogP) is 3.02. The fourth-order valence-electron chi connectivity index (χ4n) is 3.83. The van der Waals surface area contributed by atoms with Crippen LogP contribution in [0.3, 0.4) is 0 Å². The fourth-order valence-corrected chi connectivity index (χ4v) is 3.83. The van der Waals surface area contributed by atoms with Gasteiger partial charge in [-0.3, -0.25) is 9.36 Å². The van der Waals surface area contributed by atoms with Gasteiger partial charge in [0.15, 0.2) is 5.52 Å². The Morgan fingerprint density at radius 2 is 1.71 bits per heavy atom. The maximum atomic E-state index is 14.9. The number of carbonyl (C=O) groups excluding carboxylic acids is 1. The molecule has 8 nitrogen and oxygen atoms in total. The van der Waals surface area contributed by atoms with Gasteiger partial charge in [-0.25, -0.2) is 0 Å². The first-order chi connectivity index (χ1) is 14.8. The lowest BCUT2D eigenvalue weighted by molar-refractivity contribution is -0.120. The molecule has 2 saturated carbocycles. The second-order valence-electron chi connectivity index (χ2n) is 8.44. The van der Waals surface area contributed by atoms with Crippen LogP contribution in [0.25, 0.3) is 11.0 Å². The molecule has 1 atom stereocenters. The fraction of sp³-hybridized carbons (Fsp3) is 0.667. The van der Waals surface area contributed by atoms with Crippen molar-refractivity contribution < 1.29 is 27.8 Å². The van der Waals surface area contributed by atoms with Gasteiger partial charge >= 0.3 is 0 Å². The SMILES string of the molecule is CC(=O)N[C@@H](C)CO[C@H]1CC[C@H](Oc2nc3c(F)nc(OC4CC4)c(F)c3n2C)CC1. The van der Waals surface area contributed by atoms with E-state index >= 15 is 0 Å². The number of nitrogens with zero attached hydrogens (tertiary/aromatic N) is 3. The number of amides is 1. The van der Waals surface area contributed by atoms with Gasteiger partial charge in [-0.1, -0.05) is 0 Å². The highest BCUT2D eigenvalue weighted by Crippen LogP contribution is 2.34. The first kappa shape index (κ1) is 21.7. The van der Waals surface area contributed by atoms with Gasteiger partial charge in [-0.05, 0) is 45.4 Å². The number of fused-ring (bicyclic) bond motifs is 1. The van der Waals surface area contributed by atoms with Crippen LogP contribution in [0.2, 0.25) is 0 Å². The Morgan fingerprint density at radius 3 is 2.35 bits per heavy atom. The van der Waals surface area contributed by atoms with Crippen LogP contribution in [0.1, 0.15) is 52.4 Å². The minimum atomic E-state index is -0.872. The Bertz CT molecular complexity index is 955. The van der Waals surface area contributed by atoms with E-state index in [1.54, 1.807) is 7.05 Å². The summed E-state index contributed by atoms with van der Waals surface area (Å²) >= 11 is 0. The maximum Gasteiger partial charge on any atom is 0.297 e. The average Bonchev–Trinajstić information content (AvgIpc) is 3.47. The minimum Gasteiger partial charge on any atom is -0.472 e. The van der Waals surface area contributed by atoms with Gasteiger partial charge in [0, 0.05) is 20.0 Å². The second kappa shape index (κ2) is 8.94. The van der Waals surface area contributed by atoms with E-state index in [1.807, 2.05) is 6.92 Å². The molecule has 4 rings (SSSR count). The molecule has 0 aromatic carbocycles. The first-order valence-corrected chi connectivity index (χ1v) is 10.7. The summed E-state index contributed by atoms with van der Waals surface area (Å²) in [4.78, 5) is 18.8. The Labute approximate surface area is 179 Å². The van der Waals surface area contributed by atoms with Crippen molar-refractivity contribution in [2.75, 3.05) is 6.61 Å². The number of rotatable bonds is 8. The number of halogens is 2. The second-order valence-corrected chi connectivity index (χ2v) is 8.44. The zero-order valence-electron chi connectivity index (χ0n) is 18.0. The van der Waals surface area contributed by atoms with Crippen molar-refractivity contribution >= 4 is 16.9 Å². The number of imidazole rings is 1. The number of ether oxygens (including phenoxy) is 3. The van der Waals surface area contributed by atoms with Crippen LogP contribution in [0.4, 0.5) is 8.78 Å². The summed E-state index contributed by atoms with van der Waals surface area (Å²) in [6.07, 6.45) is 4.58. The van der Waals surface area contributed by atoms with Crippen molar-refractivity contribution in [3.05, 3.63) is 11.8 Å². The van der Waals surface area contributed by atoms with Gasteiger partial charge in [0.1, 0.15) is 17.7 Å². The lowest BCUT2D eigenvalue weighted by Crippen LogP contribution is -2.37. The standard InChI is InChI=1S/C21H28F2N4O4/c1-11(24-12(2)28)10-29-13-4-6-15(7-5-13)31-21-25-17-18(27(21)3)16(22)20(26-19(17)23)30-14-8-9-14/h11,13-15H,4-10H2,1-3H3,(H,24,28)/t11-,13-,15-/m0/s1. The molecule has 10 heteroatoms. The monoisotopic (exact) mass is 438 g/mol. The molecule has 31 heavy (non-hydrogen) atoms. The highest BCUT2D eigenvalue weighted by atomic mass is 19.1. The third-order valence-electron chi connectivity index (χ3n) is 5.57. The smallest absolute Gasteiger partial charge is 0.297 e. The summed E-state index contributed by atoms with van der Waals surface area (Å²) in [7, 11) is 1.59. The lowest BCUT2D eigenvalue weighted by Gasteiger charge is -2.29. The summed E-state index contributed by atoms with van der Waals surface area (Å²) < 4.78 is 47.9. The molecule has 2 heterocycles. The van der Waals surface area contributed by atoms with Gasteiger partial charge in [-0.2, -0.15) is 18.7 Å². The van der Waals surface area contributed by atoms with Gasteiger partial charge in [0.25, 0.3) is 11.9 Å². The van der Waals surface area contributed by atoms with Gasteiger partial charge in [0.05, 0.1) is 12.7 Å². The number of hydrogen-bond donors (Lipinski definition) is 1. The van der Waals surface area contributed by atoms with Crippen LogP contribution in [0, 0.1) is 11.8 Å². The van der Waals surface area contributed by atoms with Crippen LogP contribution in [0.15, 0.2) is 0 Å². The van der Waals surface area contributed by atoms with Crippen molar-refractivity contribution in [1.29, 1.82) is 0 Å². The Morgan fingerprint density at radius 1 is 1.10 bits per heavy atom. The zero-order chi connectivity index (χ0) is 22.1. The van der Waals surface area contributed by atoms with Gasteiger partial charge < -0.3 is 19.5 Å². The Balaban J connectivity index is 1.37. The lowest BCUT2D eigenvalue weighted by atomic mass is 9.95. The normalized spacial score (nSPS) is 22.4. The van der Waals surface area contributed by atoms with E-state index in [0.717, 1.165) is 38.5 Å². The van der Waals surface area contributed by atoms with Crippen molar-refractivity contribution in [2.45, 2.75) is 76.7 Å². The number of aryl methyl sites for hydroxylation is 1. The molecule has 0 spiro atoms. The van der Waals surface area contributed by atoms with E-state index in [9.17, 15) is 13.6 Å². The Hall–Kier alpha value is -2.49. The van der Waals surface area contributed by atoms with Gasteiger partial charge in [-0.15, -0.1) is 0 Å². The van der Waals surface area contributed by atoms with E-state index in [-0.39, 0.29) is 53.2 Å². The first-order valence-electron chi connectivity index (χ1n) is 10.7. The summed E-state index contributed by atoms with van der Waals surface area (Å²) in [5.41, 5.74) is -0.177. The maximum absolute atomic E-state index is 14.9. The molecule has 0 radical (unpaired) electrons. The summed E-state index contributed by atoms with van der Waals surface area (Å²) in [5, 5.41) is 2.79. The molecule has 170 valence electrons. The molecular weight excluding hydrogens is 410 g/mol. The Kier molecular flexibility index (Phi) is 6.27. The van der Waals surface area contributed by atoms with E-state index in [4.69, 9.17) is 14.2 Å². The largest absolute Gasteiger partial charge is 0.472 e. The summed E-state index contributed by atoms with van der Waals surface area (Å²) in [6.45, 7) is 3.84. The molecule has 0 saturated heterocycles. The van der Waals surface area contributed by atoms with Crippen molar-refractivity contribution in [3.63, 3.8) is 0 Å². The van der Waals surface area contributed by atoms with Crippen LogP contribution in [0.5, 0.6) is 11.9 Å². The van der Waals surface area contributed by atoms with Crippen LogP contribution < -0.4 is 14.8 Å². The van der Waals surface area contributed by atoms with Crippen molar-refractivity contribution in [1.82, 2.24) is 19.9 Å². The van der Waals surface area contributed by atoms with Gasteiger partial charge in [0.2, 0.25) is 17.7 Å². The number of carbonyl (C=O) groups is 1. The van der Waals surface area contributed by atoms with Crippen molar-refractivity contribution in [2.24, 2.45) is 7.05 Å². The molecule has 1 amide bonds. The minimum absolute atomic E-state index is 0.0119. The molecule has 1 N–H and O–H groups in total. The molecule has 0 aliphatic heterocycles. The number of nitrogens with one attached hydrogen (secondary N) is 1. The van der Waals surface area contributed by atoms with Crippen LogP contribution >= 0.6 is 0 Å². The number of pyridine rings is 1. The molecule has 2 fully saturated rings. The van der Waals surface area contributed by atoms with E-state index in [1.165, 1.54) is 11.5 Å². The third kappa shape index (κ3) is 5.06. The summed E-state index contributed by atoms with van der Waals surface area (Å²) in [6, 6.07) is 0.112. The molecule has 0 bridgehead atoms. The highest BCUT2D eigenvalue weighted by molar-refractivity contribution is 5.78. The van der Waals surface area contributed by atoms with E-state index in [2.05, 4.69) is 15.3 Å². The molecule has 2 aliphatic carbocycles. The molecule has 2 aromatic heterocycles. The summed E-state index contributed by atoms with van der Waals surface area (Å²) in [5.74, 6) is -2.00. The number of aromatic nitrogens is 3. The highest BCUT2D eigenvalue weighted by Gasteiger charge is 2.30. The topological polar surface area (TPSA) is 87.5 Å². The predicted molar refractivity (Wildman–Crippen MR) is 108 cm³/mol. The van der Waals surface area contributed by atoms with Crippen LogP contribution in [-0.2, 0) is 16.6 Å². The average molecular weight is 438 g/mol. The molecular formula is C21H28F2N4O4. The van der Waals surface area contributed by atoms with Crippen LogP contribution in [-0.4, -0.2) is 51.4 Å². The van der Waals surface area contributed by atoms with E-state index in [0.29, 0.717) is 6.61 Å². The zero-order valence-corrected chi connectivity index (χ0v) is 18.0. The molecule has 2 aliphatic rings. The third-order valence-corrected chi connectivity index (χ3v) is 5.57. The number of hydrogen-bond acceptors (Lipinski definition) is 6. The quantitative estimate of drug-likeness (QED) is 0.638. The molecule has 2 aromatic rings. The van der Waals surface area contributed by atoms with Crippen molar-refractivity contribution in [3.8, 4) is 11.9 Å². The molecule has 0 unspecified atom stereocenters. The van der Waals surface area contributed by atoms with E-state index < -0.39 is 11.8 Å².